The molecular weight excluding hydrogens is 1660 g/mol. The van der Waals surface area contributed by atoms with Gasteiger partial charge >= 0.3 is 11.9 Å². The number of benzene rings is 7. The third-order valence-corrected chi connectivity index (χ3v) is 23.2. The van der Waals surface area contributed by atoms with Crippen LogP contribution < -0.4 is 46.5 Å². The van der Waals surface area contributed by atoms with Crippen molar-refractivity contribution in [1.29, 1.82) is 0 Å². The second-order valence-electron chi connectivity index (χ2n) is 31.4. The van der Waals surface area contributed by atoms with Crippen LogP contribution in [0, 0.1) is 17.8 Å². The monoisotopic (exact) mass is 1750 g/mol. The molecule has 12 unspecified atom stereocenters. The van der Waals surface area contributed by atoms with Crippen molar-refractivity contribution in [2.24, 2.45) is 23.5 Å². The number of primary amides is 1. The Morgan fingerprint density at radius 2 is 1.33 bits per heavy atom. The predicted molar refractivity (Wildman–Crippen MR) is 434 cm³/mol. The van der Waals surface area contributed by atoms with Gasteiger partial charge in [0.05, 0.1) is 54.4 Å². The first-order valence-corrected chi connectivity index (χ1v) is 40.3. The number of esters is 1. The number of fused-ring (bicyclic) bond motifs is 15. The number of nitrogens with two attached hydrogens (primary N) is 1. The number of carboxylic acids is 1. The number of aliphatic carboxylic acids is 1. The van der Waals surface area contributed by atoms with Crippen LogP contribution in [0.2, 0.25) is 15.1 Å². The Kier molecular flexibility index (Phi) is 28.6. The highest BCUT2D eigenvalue weighted by atomic mass is 35.5. The highest BCUT2D eigenvalue weighted by molar-refractivity contribution is 6.32. The zero-order valence-electron chi connectivity index (χ0n) is 66.6. The molecule has 7 aromatic rings. The van der Waals surface area contributed by atoms with Gasteiger partial charge in [0.25, 0.3) is 0 Å². The minimum atomic E-state index is -2.28. The van der Waals surface area contributed by atoms with Crippen LogP contribution in [-0.2, 0) is 73.4 Å². The number of nitrogens with one attached hydrogen (secondary N) is 5. The molecular formula is C86H93Cl3N6O27. The molecule has 7 aliphatic heterocycles. The molecule has 122 heavy (non-hydrogen) atoms. The number of carbonyl (C=O) groups excluding carboxylic acids is 8. The van der Waals surface area contributed by atoms with E-state index in [-0.39, 0.29) is 59.4 Å². The Morgan fingerprint density at radius 3 is 1.93 bits per heavy atom. The molecule has 0 saturated carbocycles. The van der Waals surface area contributed by atoms with E-state index in [4.69, 9.17) is 78.4 Å². The summed E-state index contributed by atoms with van der Waals surface area (Å²) < 4.78 is 50.9. The lowest BCUT2D eigenvalue weighted by molar-refractivity contribution is -0.334. The van der Waals surface area contributed by atoms with Gasteiger partial charge in [-0.1, -0.05) is 110 Å². The molecule has 7 aromatic carbocycles. The number of hydrogen-bond acceptors (Lipinski definition) is 27. The Hall–Kier alpha value is -10.6. The van der Waals surface area contributed by atoms with Gasteiger partial charge in [-0.3, -0.25) is 33.6 Å². The fourth-order valence-electron chi connectivity index (χ4n) is 15.7. The van der Waals surface area contributed by atoms with Crippen molar-refractivity contribution in [2.75, 3.05) is 20.3 Å². The van der Waals surface area contributed by atoms with Gasteiger partial charge in [0.15, 0.2) is 47.6 Å². The molecule has 14 rings (SSSR count). The summed E-state index contributed by atoms with van der Waals surface area (Å²) in [6.07, 6.45) is -22.3. The van der Waals surface area contributed by atoms with Crippen molar-refractivity contribution < 1.29 is 132 Å². The van der Waals surface area contributed by atoms with Gasteiger partial charge in [-0.15, -0.1) is 0 Å². The number of ether oxygens (including phenoxy) is 8. The minimum absolute atomic E-state index is 0.0378. The van der Waals surface area contributed by atoms with E-state index < -0.39 is 261 Å². The zero-order chi connectivity index (χ0) is 88.2. The Morgan fingerprint density at radius 1 is 0.697 bits per heavy atom. The molecule has 19 atom stereocenters. The highest BCUT2D eigenvalue weighted by Gasteiger charge is 2.53. The lowest BCUT2D eigenvalue weighted by atomic mass is 9.84. The number of phenols is 3. The van der Waals surface area contributed by atoms with Gasteiger partial charge in [0.2, 0.25) is 41.6 Å². The number of carboxylic acid groups (broad SMARTS) is 1. The molecule has 17 N–H and O–H groups in total. The van der Waals surface area contributed by atoms with E-state index >= 15 is 24.0 Å². The molecule has 7 heterocycles. The maximum atomic E-state index is 16.4. The van der Waals surface area contributed by atoms with Crippen LogP contribution in [0.25, 0.3) is 22.3 Å². The fourth-order valence-corrected chi connectivity index (χ4v) is 16.3. The topological polar surface area (TPSA) is 516 Å². The normalized spacial score (nSPS) is 26.7. The third-order valence-electron chi connectivity index (χ3n) is 22.3. The van der Waals surface area contributed by atoms with Gasteiger partial charge in [0.1, 0.15) is 77.4 Å². The largest absolute Gasteiger partial charge is 0.508 e. The summed E-state index contributed by atoms with van der Waals surface area (Å²) >= 11 is 20.5. The number of hydrogen-bond donors (Lipinski definition) is 16. The number of carbonyl (C=O) groups is 9. The molecule has 0 spiro atoms. The highest BCUT2D eigenvalue weighted by Crippen LogP contribution is 2.51. The smallest absolute Gasteiger partial charge is 0.336 e. The van der Waals surface area contributed by atoms with Crippen LogP contribution in [0.5, 0.6) is 46.0 Å². The van der Waals surface area contributed by atoms with Crippen molar-refractivity contribution in [3.05, 3.63) is 176 Å². The molecule has 650 valence electrons. The van der Waals surface area contributed by atoms with Gasteiger partial charge in [0, 0.05) is 71.5 Å². The summed E-state index contributed by atoms with van der Waals surface area (Å²) in [5, 5.41) is 130. The van der Waals surface area contributed by atoms with Crippen molar-refractivity contribution in [3.63, 3.8) is 0 Å². The number of aliphatic hydroxyl groups excluding tert-OH is 6. The number of aromatic hydroxyl groups is 3. The van der Waals surface area contributed by atoms with Gasteiger partial charge in [-0.2, -0.15) is 0 Å². The molecule has 36 heteroatoms. The number of methoxy groups -OCH3 is 1. The van der Waals surface area contributed by atoms with E-state index in [1.54, 1.807) is 26.0 Å². The van der Waals surface area contributed by atoms with Crippen molar-refractivity contribution >= 4 is 87.8 Å². The average Bonchev–Trinajstić information content (AvgIpc) is 0.764. The summed E-state index contributed by atoms with van der Waals surface area (Å²) in [7, 11) is 1.17. The van der Waals surface area contributed by atoms with Crippen molar-refractivity contribution in [3.8, 4) is 68.2 Å². The quantitative estimate of drug-likeness (QED) is 0.0315. The first-order chi connectivity index (χ1) is 57.9. The van der Waals surface area contributed by atoms with Crippen molar-refractivity contribution in [2.45, 2.75) is 183 Å². The van der Waals surface area contributed by atoms with Crippen molar-refractivity contribution in [1.82, 2.24) is 26.6 Å². The Balaban J connectivity index is 1.01. The SMILES string of the molecule is CC[C@H](CC(C)C)C(=O)NC1C(=O)C[C@@H](CC(N)=O)C(=O)N[C@H]2C(=O)CC3C(=O)N[C@H](C(=O)N[C@@H](C(=O)O)c4cc(O)cc(O)c4-c4cc3ccc4O)[C@H](O)c3ccc(c(Cl)c3)Oc3cc2cc(c3OC2OC(CO)C(O)C(O)C2OC2CC(C)(NCC(OCc3ccc(-c4ccc(Cl)cc4)cc3)C(=O)OC)C(O)C(C)O2)Oc2ccc(cc2Cl)[C@H]1O. The number of ketones is 2. The fraction of sp³-hybridized carbons (Fsp3) is 0.407. The van der Waals surface area contributed by atoms with Gasteiger partial charge in [-0.25, -0.2) is 9.59 Å². The number of phenolic OH excluding ortho intramolecular Hbond substituents is 3. The Bertz CT molecular complexity index is 5120. The number of rotatable bonds is 21. The zero-order valence-corrected chi connectivity index (χ0v) is 68.8. The molecule has 0 radical (unpaired) electrons. The summed E-state index contributed by atoms with van der Waals surface area (Å²) in [6, 6.07) is 20.0. The molecule has 2 saturated heterocycles. The van der Waals surface area contributed by atoms with Crippen LogP contribution in [0.3, 0.4) is 0 Å². The average molecular weight is 1750 g/mol. The second-order valence-corrected chi connectivity index (χ2v) is 32.6. The van der Waals surface area contributed by atoms with E-state index in [2.05, 4.69) is 26.6 Å². The molecule has 7 aliphatic rings. The maximum absolute atomic E-state index is 16.4. The Labute approximate surface area is 713 Å². The number of halogens is 3. The molecule has 0 aromatic heterocycles. The molecule has 0 aliphatic carbocycles. The van der Waals surface area contributed by atoms with Gasteiger partial charge < -0.3 is 121 Å². The van der Waals surface area contributed by atoms with Gasteiger partial charge in [-0.05, 0) is 138 Å². The van der Waals surface area contributed by atoms with Crippen LogP contribution in [-0.4, -0.2) is 197 Å². The van der Waals surface area contributed by atoms with E-state index in [1.807, 2.05) is 50.2 Å². The van der Waals surface area contributed by atoms with Crippen LogP contribution in [0.1, 0.15) is 137 Å². The maximum Gasteiger partial charge on any atom is 0.336 e. The predicted octanol–water partition coefficient (Wildman–Crippen LogP) is 7.23. The molecule has 11 bridgehead atoms. The minimum Gasteiger partial charge on any atom is -0.508 e. The summed E-state index contributed by atoms with van der Waals surface area (Å²) in [6.45, 7) is 7.20. The van der Waals surface area contributed by atoms with Crippen LogP contribution in [0.15, 0.2) is 127 Å². The summed E-state index contributed by atoms with van der Waals surface area (Å²) in [5.41, 5.74) is 4.30. The molecule has 33 nitrogen and oxygen atoms in total. The van der Waals surface area contributed by atoms with Crippen LogP contribution >= 0.6 is 34.8 Å². The van der Waals surface area contributed by atoms with E-state index in [1.165, 1.54) is 32.2 Å². The number of amides is 5. The summed E-state index contributed by atoms with van der Waals surface area (Å²) in [4.78, 5) is 132. The van der Waals surface area contributed by atoms with E-state index in [0.29, 0.717) is 17.0 Å². The van der Waals surface area contributed by atoms with E-state index in [0.717, 1.165) is 71.8 Å². The third kappa shape index (κ3) is 20.2. The van der Waals surface area contributed by atoms with E-state index in [9.17, 15) is 70.2 Å². The summed E-state index contributed by atoms with van der Waals surface area (Å²) in [5.74, 6) is -20.2. The first-order valence-electron chi connectivity index (χ1n) is 39.2. The number of Topliss-reactive ketones (excluding diaryl/α,β-unsaturated/α-hetero) is 2. The lowest BCUT2D eigenvalue weighted by Gasteiger charge is -2.48. The molecule has 2 fully saturated rings. The second kappa shape index (κ2) is 38.4. The standard InChI is InChI=1S/C86H93Cl3N6O27/c1-7-40(22-37(2)3)79(108)94-70-57(100)26-47(29-65(90)102)80(109)92-68-46-27-61(118-59-20-15-44(72(70)103)24-53(59)88)76(122-85-77(75(106)74(105)64(35-96)120-85)121-66-33-86(5,78(107)38(4)117-66)91-34-63(84(114)115-6)116-36-39-8-10-41(11-9-39)42-12-17-48(87)18-13-42)62(28-46)119-60-21-16-45(25-54(60)89)73(104)71-82(111)93-69(83(112)113)52-30-49(97)31-56(99)67(52)51-23-43(14-19-55(51)98)50(32-58(68)101)81(110)95-71/h8-21,23-25,27-28,30-31,37-38,40,47,50,63-64,66,68-75,77-78,85,91,96-99,103-107H,7,22,26,29,32-36H2,1-6H3,(H2,90,102)(H,92,109)(H,93,111)(H,94,108)(H,95,110)(H,112,113)/t38?,40-,47+,50?,63?,64?,66?,68-,69-,70?,71+,72-,73-,74?,75?,77?,78?,85?,86?/m1/s1. The molecule has 5 amide bonds. The lowest BCUT2D eigenvalue weighted by Crippen LogP contribution is -2.66. The number of aliphatic hydroxyl groups is 6. The van der Waals surface area contributed by atoms with Crippen LogP contribution in [0.4, 0.5) is 0 Å². The first kappa shape index (κ1) is 90.6.